The fourth-order valence-electron chi connectivity index (χ4n) is 3.12. The first-order chi connectivity index (χ1) is 14.9. The molecule has 0 saturated heterocycles. The molecule has 0 atom stereocenters. The normalized spacial score (nSPS) is 10.7. The number of para-hydroxylation sites is 1. The number of nitrogens with zero attached hydrogens (tertiary/aromatic N) is 3. The van der Waals surface area contributed by atoms with E-state index in [0.29, 0.717) is 17.5 Å². The number of hydrogen-bond acceptors (Lipinski definition) is 5. The Morgan fingerprint density at radius 1 is 1.19 bits per heavy atom. The Kier molecular flexibility index (Phi) is 7.92. The number of aromatic nitrogens is 3. The van der Waals surface area contributed by atoms with Crippen LogP contribution in [0.25, 0.3) is 0 Å². The predicted octanol–water partition coefficient (Wildman–Crippen LogP) is 5.46. The molecule has 1 N–H and O–H groups in total. The largest absolute Gasteiger partial charge is 0.485 e. The Labute approximate surface area is 195 Å². The monoisotopic (exact) mass is 500 g/mol. The third-order valence-corrected chi connectivity index (χ3v) is 6.07. The van der Waals surface area contributed by atoms with Gasteiger partial charge in [0.1, 0.15) is 12.4 Å². The molecule has 0 aliphatic rings. The molecule has 1 amide bonds. The van der Waals surface area contributed by atoms with Gasteiger partial charge in [0, 0.05) is 16.7 Å². The van der Waals surface area contributed by atoms with Gasteiger partial charge in [-0.15, -0.1) is 16.8 Å². The number of nitrogens with one attached hydrogen (secondary N) is 1. The fraction of sp³-hybridized carbons (Fsp3) is 0.261. The summed E-state index contributed by atoms with van der Waals surface area (Å²) in [6, 6.07) is 11.8. The molecule has 0 aliphatic carbocycles. The fourth-order valence-corrected chi connectivity index (χ4v) is 4.57. The standard InChI is InChI=1S/C23H25BrN4O2S/c1-5-10-28-20(13-30-19-9-7-6-8-15(19)2)26-27-23(28)31-14-21(29)25-22-16(3)11-18(24)12-17(22)4/h5-9,11-12H,1,10,13-14H2,2-4H3,(H,25,29). The van der Waals surface area contributed by atoms with E-state index < -0.39 is 0 Å². The van der Waals surface area contributed by atoms with Crippen LogP contribution in [0.15, 0.2) is 58.7 Å². The van der Waals surface area contributed by atoms with Crippen molar-refractivity contribution >= 4 is 39.3 Å². The van der Waals surface area contributed by atoms with Crippen molar-refractivity contribution in [2.24, 2.45) is 0 Å². The highest BCUT2D eigenvalue weighted by atomic mass is 79.9. The minimum atomic E-state index is -0.0932. The van der Waals surface area contributed by atoms with Crippen LogP contribution in [0.2, 0.25) is 0 Å². The second kappa shape index (κ2) is 10.6. The second-order valence-corrected chi connectivity index (χ2v) is 8.96. The molecule has 0 saturated carbocycles. The molecule has 0 fully saturated rings. The zero-order valence-electron chi connectivity index (χ0n) is 17.8. The second-order valence-electron chi connectivity index (χ2n) is 7.10. The number of allylic oxidation sites excluding steroid dienone is 1. The molecule has 3 aromatic rings. The van der Waals surface area contributed by atoms with Crippen molar-refractivity contribution in [2.45, 2.75) is 39.1 Å². The molecule has 162 valence electrons. The van der Waals surface area contributed by atoms with E-state index in [2.05, 4.69) is 38.0 Å². The van der Waals surface area contributed by atoms with Crippen LogP contribution in [0, 0.1) is 20.8 Å². The van der Waals surface area contributed by atoms with Gasteiger partial charge in [-0.25, -0.2) is 0 Å². The third kappa shape index (κ3) is 5.98. The highest BCUT2D eigenvalue weighted by Crippen LogP contribution is 2.26. The Morgan fingerprint density at radius 3 is 2.58 bits per heavy atom. The number of rotatable bonds is 9. The van der Waals surface area contributed by atoms with Gasteiger partial charge in [0.2, 0.25) is 5.91 Å². The van der Waals surface area contributed by atoms with Crippen LogP contribution in [0.4, 0.5) is 5.69 Å². The summed E-state index contributed by atoms with van der Waals surface area (Å²) in [5.74, 6) is 1.63. The molecule has 0 aliphatic heterocycles. The molecule has 2 aromatic carbocycles. The van der Waals surface area contributed by atoms with Gasteiger partial charge >= 0.3 is 0 Å². The third-order valence-electron chi connectivity index (χ3n) is 4.65. The highest BCUT2D eigenvalue weighted by Gasteiger charge is 2.15. The number of carbonyl (C=O) groups is 1. The number of hydrogen-bond donors (Lipinski definition) is 1. The Bertz CT molecular complexity index is 1070. The number of halogens is 1. The Balaban J connectivity index is 1.65. The van der Waals surface area contributed by atoms with E-state index in [0.717, 1.165) is 32.6 Å². The number of amides is 1. The van der Waals surface area contributed by atoms with Gasteiger partial charge in [0.25, 0.3) is 0 Å². The van der Waals surface area contributed by atoms with E-state index in [1.807, 2.05) is 61.7 Å². The summed E-state index contributed by atoms with van der Waals surface area (Å²) in [5, 5.41) is 12.2. The topological polar surface area (TPSA) is 69.0 Å². The Hall–Kier alpha value is -2.58. The van der Waals surface area contributed by atoms with Gasteiger partial charge in [-0.3, -0.25) is 9.36 Å². The first kappa shape index (κ1) is 23.1. The van der Waals surface area contributed by atoms with Gasteiger partial charge in [0.15, 0.2) is 11.0 Å². The molecule has 6 nitrogen and oxygen atoms in total. The number of thioether (sulfide) groups is 1. The summed E-state index contributed by atoms with van der Waals surface area (Å²) in [7, 11) is 0. The zero-order chi connectivity index (χ0) is 22.4. The average Bonchev–Trinajstić information content (AvgIpc) is 3.10. The Morgan fingerprint density at radius 2 is 1.90 bits per heavy atom. The molecule has 1 heterocycles. The molecular weight excluding hydrogens is 476 g/mol. The van der Waals surface area contributed by atoms with Gasteiger partial charge in [-0.05, 0) is 55.7 Å². The molecule has 31 heavy (non-hydrogen) atoms. The first-order valence-corrected chi connectivity index (χ1v) is 11.6. The van der Waals surface area contributed by atoms with Crippen LogP contribution in [0.1, 0.15) is 22.5 Å². The van der Waals surface area contributed by atoms with E-state index in [1.54, 1.807) is 6.08 Å². The van der Waals surface area contributed by atoms with Crippen molar-refractivity contribution in [3.05, 3.63) is 76.0 Å². The van der Waals surface area contributed by atoms with E-state index in [9.17, 15) is 4.79 Å². The zero-order valence-corrected chi connectivity index (χ0v) is 20.2. The predicted molar refractivity (Wildman–Crippen MR) is 129 cm³/mol. The van der Waals surface area contributed by atoms with E-state index in [1.165, 1.54) is 11.8 Å². The lowest BCUT2D eigenvalue weighted by atomic mass is 10.1. The maximum absolute atomic E-state index is 12.6. The summed E-state index contributed by atoms with van der Waals surface area (Å²) >= 11 is 4.82. The van der Waals surface area contributed by atoms with Gasteiger partial charge in [-0.2, -0.15) is 0 Å². The lowest BCUT2D eigenvalue weighted by Crippen LogP contribution is -2.16. The van der Waals surface area contributed by atoms with E-state index in [-0.39, 0.29) is 18.3 Å². The summed E-state index contributed by atoms with van der Waals surface area (Å²) < 4.78 is 8.82. The number of anilines is 1. The van der Waals surface area contributed by atoms with Crippen LogP contribution in [-0.2, 0) is 17.9 Å². The maximum Gasteiger partial charge on any atom is 0.234 e. The number of ether oxygens (including phenoxy) is 1. The minimum absolute atomic E-state index is 0.0932. The quantitative estimate of drug-likeness (QED) is 0.312. The van der Waals surface area contributed by atoms with Crippen molar-refractivity contribution in [2.75, 3.05) is 11.1 Å². The highest BCUT2D eigenvalue weighted by molar-refractivity contribution is 9.10. The van der Waals surface area contributed by atoms with Gasteiger partial charge in [-0.1, -0.05) is 52.0 Å². The molecule has 0 spiro atoms. The molecule has 0 unspecified atom stereocenters. The lowest BCUT2D eigenvalue weighted by molar-refractivity contribution is -0.113. The lowest BCUT2D eigenvalue weighted by Gasteiger charge is -2.13. The molecule has 8 heteroatoms. The first-order valence-electron chi connectivity index (χ1n) is 9.80. The van der Waals surface area contributed by atoms with Crippen LogP contribution in [-0.4, -0.2) is 26.4 Å². The smallest absolute Gasteiger partial charge is 0.234 e. The van der Waals surface area contributed by atoms with Crippen LogP contribution >= 0.6 is 27.7 Å². The van der Waals surface area contributed by atoms with Gasteiger partial charge < -0.3 is 10.1 Å². The van der Waals surface area contributed by atoms with E-state index in [4.69, 9.17) is 4.74 Å². The summed E-state index contributed by atoms with van der Waals surface area (Å²) in [6.45, 7) is 10.6. The van der Waals surface area contributed by atoms with Crippen LogP contribution in [0.5, 0.6) is 5.75 Å². The minimum Gasteiger partial charge on any atom is -0.485 e. The number of carbonyl (C=O) groups excluding carboxylic acids is 1. The van der Waals surface area contributed by atoms with Crippen molar-refractivity contribution < 1.29 is 9.53 Å². The average molecular weight is 501 g/mol. The van der Waals surface area contributed by atoms with Crippen molar-refractivity contribution in [1.29, 1.82) is 0 Å². The van der Waals surface area contributed by atoms with Crippen molar-refractivity contribution in [1.82, 2.24) is 14.8 Å². The number of benzene rings is 2. The SMILES string of the molecule is C=CCn1c(COc2ccccc2C)nnc1SCC(=O)Nc1c(C)cc(Br)cc1C. The molecule has 0 radical (unpaired) electrons. The van der Waals surface area contributed by atoms with E-state index >= 15 is 0 Å². The molecule has 3 rings (SSSR count). The maximum atomic E-state index is 12.6. The summed E-state index contributed by atoms with van der Waals surface area (Å²) in [4.78, 5) is 12.6. The molecule has 1 aromatic heterocycles. The molecular formula is C23H25BrN4O2S. The van der Waals surface area contributed by atoms with Crippen molar-refractivity contribution in [3.63, 3.8) is 0 Å². The van der Waals surface area contributed by atoms with Crippen LogP contribution < -0.4 is 10.1 Å². The summed E-state index contributed by atoms with van der Waals surface area (Å²) in [5.41, 5.74) is 3.92. The molecule has 0 bridgehead atoms. The van der Waals surface area contributed by atoms with Crippen molar-refractivity contribution in [3.8, 4) is 5.75 Å². The number of aryl methyl sites for hydroxylation is 3. The summed E-state index contributed by atoms with van der Waals surface area (Å²) in [6.07, 6.45) is 1.78. The van der Waals surface area contributed by atoms with Crippen LogP contribution in [0.3, 0.4) is 0 Å². The van der Waals surface area contributed by atoms with Gasteiger partial charge in [0.05, 0.1) is 5.75 Å².